The number of nitro benzene ring substituents is 1. The van der Waals surface area contributed by atoms with Gasteiger partial charge < -0.3 is 14.4 Å². The second kappa shape index (κ2) is 9.29. The lowest BCUT2D eigenvalue weighted by Gasteiger charge is -2.42. The smallest absolute Gasteiger partial charge is 0.360 e. The van der Waals surface area contributed by atoms with Crippen LogP contribution in [-0.2, 0) is 42.1 Å². The molecule has 4 atom stereocenters. The molecule has 4 rings (SSSR count). The first-order chi connectivity index (χ1) is 17.0. The molecule has 0 saturated carbocycles. The summed E-state index contributed by atoms with van der Waals surface area (Å²) in [6, 6.07) is 4.02. The molecule has 0 radical (unpaired) electrons. The molecule has 0 aliphatic carbocycles. The molecule has 1 amide bonds. The van der Waals surface area contributed by atoms with Crippen molar-refractivity contribution in [3.05, 3.63) is 51.3 Å². The molecule has 1 aromatic heterocycles. The van der Waals surface area contributed by atoms with Gasteiger partial charge in [-0.3, -0.25) is 14.9 Å². The van der Waals surface area contributed by atoms with Crippen LogP contribution in [0, 0.1) is 23.0 Å². The van der Waals surface area contributed by atoms with Crippen LogP contribution >= 0.6 is 0 Å². The fourth-order valence-electron chi connectivity index (χ4n) is 4.39. The molecule has 2 aliphatic rings. The summed E-state index contributed by atoms with van der Waals surface area (Å²) < 4.78 is 37.6. The van der Waals surface area contributed by atoms with E-state index in [0.29, 0.717) is 11.3 Å². The number of hydrogen-bond donors (Lipinski definition) is 0. The number of amides is 1. The average molecular weight is 522 g/mol. The van der Waals surface area contributed by atoms with Gasteiger partial charge in [-0.1, -0.05) is 5.21 Å². The minimum Gasteiger partial charge on any atom is -0.461 e. The number of rotatable bonds is 8. The van der Waals surface area contributed by atoms with E-state index in [1.54, 1.807) is 13.8 Å². The van der Waals surface area contributed by atoms with Crippen molar-refractivity contribution in [2.45, 2.75) is 50.6 Å². The molecular weight excluding hydrogens is 498 g/mol. The van der Waals surface area contributed by atoms with Crippen molar-refractivity contribution in [3.63, 3.8) is 0 Å². The lowest BCUT2D eigenvalue weighted by atomic mass is 9.95. The number of carbonyl (C=O) groups is 3. The third-order valence-electron chi connectivity index (χ3n) is 6.38. The number of β-lactam (4-membered cyclic amide) rings is 1. The summed E-state index contributed by atoms with van der Waals surface area (Å²) in [6.07, 6.45) is 0. The van der Waals surface area contributed by atoms with Crippen LogP contribution in [0.4, 0.5) is 5.69 Å². The molecule has 192 valence electrons. The van der Waals surface area contributed by atoms with Crippen molar-refractivity contribution < 1.29 is 37.2 Å². The van der Waals surface area contributed by atoms with E-state index in [4.69, 9.17) is 9.47 Å². The number of fused-ring (bicyclic) bond motifs is 1. The van der Waals surface area contributed by atoms with E-state index in [-0.39, 0.29) is 31.1 Å². The van der Waals surface area contributed by atoms with E-state index in [2.05, 4.69) is 10.3 Å². The van der Waals surface area contributed by atoms with Crippen LogP contribution in [0.15, 0.2) is 24.3 Å². The van der Waals surface area contributed by atoms with Crippen LogP contribution in [0.2, 0.25) is 0 Å². The predicted octanol–water partition coefficient (Wildman–Crippen LogP) is 0.385. The summed E-state index contributed by atoms with van der Waals surface area (Å²) in [5.41, 5.74) is 0.626. The van der Waals surface area contributed by atoms with Gasteiger partial charge in [0.25, 0.3) is 5.69 Å². The van der Waals surface area contributed by atoms with Crippen LogP contribution in [-0.4, -0.2) is 74.4 Å². The Morgan fingerprint density at radius 3 is 2.47 bits per heavy atom. The standard InChI is InChI=1S/C21H23N5O9S/c1-4-34-20(28)16-11(2)24(23-22-16)9-15-18(27)25-17(12(3)36(32,33)19(15)25)21(29)35-10-13-5-7-14(8-6-13)26(30)31/h5-8,12,15,17,19H,4,9-10H2,1-3H3/t12-,15?,17-,19+/m1/s1. The highest BCUT2D eigenvalue weighted by atomic mass is 32.2. The minimum absolute atomic E-state index is 0.0316. The fourth-order valence-corrected chi connectivity index (χ4v) is 6.65. The topological polar surface area (TPSA) is 181 Å². The van der Waals surface area contributed by atoms with E-state index < -0.39 is 55.2 Å². The SMILES string of the molecule is CCOC(=O)c1nnn(CC2C(=O)N3[C@@H](C(=O)OCc4ccc([N+](=O)[O-])cc4)[C@@H](C)S(=O)(=O)[C@@H]23)c1C. The molecular formula is C21H23N5O9S. The number of carbonyl (C=O) groups excluding carboxylic acids is 3. The van der Waals surface area contributed by atoms with Crippen molar-refractivity contribution in [3.8, 4) is 0 Å². The van der Waals surface area contributed by atoms with Gasteiger partial charge in [0.1, 0.15) is 18.0 Å². The zero-order chi connectivity index (χ0) is 26.4. The summed E-state index contributed by atoms with van der Waals surface area (Å²) in [7, 11) is -3.92. The van der Waals surface area contributed by atoms with E-state index in [1.807, 2.05) is 0 Å². The molecule has 14 nitrogen and oxygen atoms in total. The average Bonchev–Trinajstić information content (AvgIpc) is 3.29. The number of benzene rings is 1. The van der Waals surface area contributed by atoms with Crippen LogP contribution in [0.1, 0.15) is 35.6 Å². The van der Waals surface area contributed by atoms with Crippen molar-refractivity contribution in [2.75, 3.05) is 6.61 Å². The predicted molar refractivity (Wildman–Crippen MR) is 120 cm³/mol. The van der Waals surface area contributed by atoms with Gasteiger partial charge in [0, 0.05) is 12.1 Å². The maximum absolute atomic E-state index is 13.1. The van der Waals surface area contributed by atoms with Crippen LogP contribution in [0.3, 0.4) is 0 Å². The summed E-state index contributed by atoms with van der Waals surface area (Å²) >= 11 is 0. The normalized spacial score (nSPS) is 24.1. The van der Waals surface area contributed by atoms with Crippen molar-refractivity contribution in [2.24, 2.45) is 5.92 Å². The minimum atomic E-state index is -3.92. The maximum Gasteiger partial charge on any atom is 0.360 e. The Hall–Kier alpha value is -3.88. The first-order valence-corrected chi connectivity index (χ1v) is 12.6. The number of nitrogens with zero attached hydrogens (tertiary/aromatic N) is 5. The molecule has 1 unspecified atom stereocenters. The van der Waals surface area contributed by atoms with Gasteiger partial charge >= 0.3 is 11.9 Å². The highest BCUT2D eigenvalue weighted by Crippen LogP contribution is 2.44. The van der Waals surface area contributed by atoms with E-state index in [1.165, 1.54) is 35.9 Å². The van der Waals surface area contributed by atoms with Gasteiger partial charge in [-0.2, -0.15) is 0 Å². The Balaban J connectivity index is 1.47. The Morgan fingerprint density at radius 2 is 1.86 bits per heavy atom. The number of non-ortho nitro benzene ring substituents is 1. The van der Waals surface area contributed by atoms with Gasteiger partial charge in [0.2, 0.25) is 5.91 Å². The first kappa shape index (κ1) is 25.2. The van der Waals surface area contributed by atoms with E-state index >= 15 is 0 Å². The number of hydrogen-bond acceptors (Lipinski definition) is 11. The Morgan fingerprint density at radius 1 is 1.19 bits per heavy atom. The molecule has 2 aromatic rings. The van der Waals surface area contributed by atoms with Crippen molar-refractivity contribution in [1.82, 2.24) is 19.9 Å². The third-order valence-corrected chi connectivity index (χ3v) is 8.90. The monoisotopic (exact) mass is 521 g/mol. The second-order valence-corrected chi connectivity index (χ2v) is 10.8. The van der Waals surface area contributed by atoms with Crippen molar-refractivity contribution in [1.29, 1.82) is 0 Å². The van der Waals surface area contributed by atoms with E-state index in [9.17, 15) is 32.9 Å². The zero-order valence-electron chi connectivity index (χ0n) is 19.6. The van der Waals surface area contributed by atoms with Gasteiger partial charge in [0.05, 0.1) is 34.9 Å². The Bertz CT molecular complexity index is 1340. The van der Waals surface area contributed by atoms with Crippen LogP contribution in [0.25, 0.3) is 0 Å². The lowest BCUT2D eigenvalue weighted by Crippen LogP contribution is -2.64. The summed E-state index contributed by atoms with van der Waals surface area (Å²) in [5, 5.41) is 16.0. The largest absolute Gasteiger partial charge is 0.461 e. The quantitative estimate of drug-likeness (QED) is 0.203. The number of nitro groups is 1. The van der Waals surface area contributed by atoms with Crippen LogP contribution in [0.5, 0.6) is 0 Å². The molecule has 2 fully saturated rings. The Labute approximate surface area is 205 Å². The number of aromatic nitrogens is 3. The maximum atomic E-state index is 13.1. The highest BCUT2D eigenvalue weighted by Gasteiger charge is 2.67. The molecule has 0 spiro atoms. The molecule has 15 heteroatoms. The zero-order valence-corrected chi connectivity index (χ0v) is 20.4. The second-order valence-electron chi connectivity index (χ2n) is 8.44. The van der Waals surface area contributed by atoms with Crippen LogP contribution < -0.4 is 0 Å². The fraction of sp³-hybridized carbons (Fsp3) is 0.476. The van der Waals surface area contributed by atoms with Gasteiger partial charge in [0.15, 0.2) is 15.5 Å². The number of sulfone groups is 1. The first-order valence-electron chi connectivity index (χ1n) is 11.0. The molecule has 2 saturated heterocycles. The highest BCUT2D eigenvalue weighted by molar-refractivity contribution is 7.93. The lowest BCUT2D eigenvalue weighted by molar-refractivity contribution is -0.384. The van der Waals surface area contributed by atoms with E-state index in [0.717, 1.165) is 4.90 Å². The van der Waals surface area contributed by atoms with Gasteiger partial charge in [-0.15, -0.1) is 5.10 Å². The third kappa shape index (κ3) is 4.08. The molecule has 1 aromatic carbocycles. The number of ether oxygens (including phenoxy) is 2. The molecule has 0 bridgehead atoms. The molecule has 3 heterocycles. The Kier molecular flexibility index (Phi) is 6.51. The van der Waals surface area contributed by atoms with Gasteiger partial charge in [-0.05, 0) is 38.5 Å². The summed E-state index contributed by atoms with van der Waals surface area (Å²) in [5.74, 6) is -3.14. The summed E-state index contributed by atoms with van der Waals surface area (Å²) in [6.45, 7) is 4.28. The van der Waals surface area contributed by atoms with Gasteiger partial charge in [-0.25, -0.2) is 22.7 Å². The number of esters is 2. The molecule has 36 heavy (non-hydrogen) atoms. The molecule has 2 aliphatic heterocycles. The summed E-state index contributed by atoms with van der Waals surface area (Å²) in [4.78, 5) is 49.0. The van der Waals surface area contributed by atoms with Crippen molar-refractivity contribution >= 4 is 33.4 Å². The molecule has 0 N–H and O–H groups in total.